The van der Waals surface area contributed by atoms with Gasteiger partial charge in [-0.2, -0.15) is 0 Å². The lowest BCUT2D eigenvalue weighted by atomic mass is 10.0. The molecule has 3 heterocycles. The van der Waals surface area contributed by atoms with Crippen LogP contribution in [0.4, 0.5) is 0 Å². The van der Waals surface area contributed by atoms with Crippen molar-refractivity contribution in [3.8, 4) is 0 Å². The van der Waals surface area contributed by atoms with Gasteiger partial charge in [0.2, 0.25) is 0 Å². The van der Waals surface area contributed by atoms with E-state index in [1.54, 1.807) is 13.0 Å². The van der Waals surface area contributed by atoms with Crippen molar-refractivity contribution in [2.75, 3.05) is 32.9 Å². The van der Waals surface area contributed by atoms with E-state index in [2.05, 4.69) is 14.9 Å². The zero-order chi connectivity index (χ0) is 13.9. The molecule has 1 aromatic rings. The largest absolute Gasteiger partial charge is 0.381 e. The van der Waals surface area contributed by atoms with E-state index in [0.717, 1.165) is 44.8 Å². The lowest BCUT2D eigenvalue weighted by Crippen LogP contribution is -2.47. The molecule has 0 aromatic carbocycles. The highest BCUT2D eigenvalue weighted by atomic mass is 16.5. The van der Waals surface area contributed by atoms with Gasteiger partial charge in [-0.25, -0.2) is 4.98 Å². The van der Waals surface area contributed by atoms with Gasteiger partial charge < -0.3 is 14.5 Å². The van der Waals surface area contributed by atoms with E-state index in [1.165, 1.54) is 0 Å². The molecule has 0 unspecified atom stereocenters. The second kappa shape index (κ2) is 6.03. The van der Waals surface area contributed by atoms with Gasteiger partial charge in [-0.05, 0) is 19.8 Å². The molecule has 1 aromatic heterocycles. The minimum Gasteiger partial charge on any atom is -0.381 e. The summed E-state index contributed by atoms with van der Waals surface area (Å²) >= 11 is 0. The Morgan fingerprint density at radius 3 is 2.90 bits per heavy atom. The minimum atomic E-state index is -0.112. The Hall–Kier alpha value is -1.24. The number of rotatable bonds is 2. The Kier molecular flexibility index (Phi) is 4.14. The van der Waals surface area contributed by atoms with Crippen LogP contribution in [0.15, 0.2) is 10.9 Å². The van der Waals surface area contributed by atoms with Crippen LogP contribution in [-0.2, 0) is 9.47 Å². The monoisotopic (exact) mass is 279 g/mol. The lowest BCUT2D eigenvalue weighted by Gasteiger charge is -2.39. The first-order valence-electron chi connectivity index (χ1n) is 7.23. The quantitative estimate of drug-likeness (QED) is 0.860. The molecule has 0 radical (unpaired) electrons. The molecule has 0 saturated carbocycles. The van der Waals surface area contributed by atoms with Gasteiger partial charge in [-0.15, -0.1) is 0 Å². The van der Waals surface area contributed by atoms with Crippen LogP contribution in [0.1, 0.15) is 30.5 Å². The third-order valence-electron chi connectivity index (χ3n) is 4.01. The summed E-state index contributed by atoms with van der Waals surface area (Å²) in [6.07, 6.45) is 2.05. The van der Waals surface area contributed by atoms with E-state index in [9.17, 15) is 4.79 Å². The molecule has 110 valence electrons. The van der Waals surface area contributed by atoms with Gasteiger partial charge in [-0.1, -0.05) is 0 Å². The molecule has 0 spiro atoms. The maximum Gasteiger partial charge on any atom is 0.251 e. The van der Waals surface area contributed by atoms with Crippen LogP contribution in [0.3, 0.4) is 0 Å². The van der Waals surface area contributed by atoms with Crippen LogP contribution in [0.25, 0.3) is 0 Å². The summed E-state index contributed by atoms with van der Waals surface area (Å²) in [5.41, 5.74) is 0.627. The Bertz CT molecular complexity index is 511. The molecule has 0 aliphatic carbocycles. The zero-order valence-corrected chi connectivity index (χ0v) is 11.8. The number of aromatic amines is 1. The second-order valence-electron chi connectivity index (χ2n) is 5.45. The molecule has 0 bridgehead atoms. The van der Waals surface area contributed by atoms with E-state index in [1.807, 2.05) is 0 Å². The number of hydrogen-bond acceptors (Lipinski definition) is 5. The summed E-state index contributed by atoms with van der Waals surface area (Å²) in [6, 6.07) is 2.11. The van der Waals surface area contributed by atoms with Crippen LogP contribution < -0.4 is 5.56 Å². The molecule has 2 fully saturated rings. The Morgan fingerprint density at radius 2 is 2.15 bits per heavy atom. The first-order chi connectivity index (χ1) is 9.72. The highest BCUT2D eigenvalue weighted by molar-refractivity contribution is 5.07. The van der Waals surface area contributed by atoms with Crippen molar-refractivity contribution in [3.05, 3.63) is 27.9 Å². The second-order valence-corrected chi connectivity index (χ2v) is 5.45. The van der Waals surface area contributed by atoms with E-state index in [0.29, 0.717) is 18.5 Å². The fourth-order valence-corrected chi connectivity index (χ4v) is 3.00. The fraction of sp³-hybridized carbons (Fsp3) is 0.714. The van der Waals surface area contributed by atoms with Crippen molar-refractivity contribution < 1.29 is 9.47 Å². The molecule has 2 saturated heterocycles. The maximum atomic E-state index is 11.6. The first-order valence-corrected chi connectivity index (χ1v) is 7.23. The summed E-state index contributed by atoms with van der Waals surface area (Å²) < 4.78 is 11.2. The van der Waals surface area contributed by atoms with Crippen molar-refractivity contribution in [1.82, 2.24) is 14.9 Å². The molecule has 6 nitrogen and oxygen atoms in total. The molecule has 1 atom stereocenters. The predicted octanol–water partition coefficient (Wildman–Crippen LogP) is 0.631. The third kappa shape index (κ3) is 3.08. The topological polar surface area (TPSA) is 67.5 Å². The van der Waals surface area contributed by atoms with Gasteiger partial charge >= 0.3 is 0 Å². The average Bonchev–Trinajstić information content (AvgIpc) is 2.47. The number of morpholine rings is 1. The Morgan fingerprint density at radius 1 is 1.35 bits per heavy atom. The number of H-pyrrole nitrogens is 1. The van der Waals surface area contributed by atoms with Crippen LogP contribution in [-0.4, -0.2) is 53.8 Å². The lowest BCUT2D eigenvalue weighted by molar-refractivity contribution is -0.0648. The molecule has 1 N–H and O–H groups in total. The van der Waals surface area contributed by atoms with Gasteiger partial charge in [0.25, 0.3) is 5.56 Å². The summed E-state index contributed by atoms with van der Waals surface area (Å²) in [5, 5.41) is 0. The molecule has 2 aliphatic rings. The Labute approximate surface area is 118 Å². The van der Waals surface area contributed by atoms with E-state index >= 15 is 0 Å². The van der Waals surface area contributed by atoms with Crippen molar-refractivity contribution in [2.24, 2.45) is 0 Å². The molecule has 3 rings (SSSR count). The van der Waals surface area contributed by atoms with Gasteiger partial charge in [0.15, 0.2) is 0 Å². The molecule has 0 amide bonds. The zero-order valence-electron chi connectivity index (χ0n) is 11.8. The smallest absolute Gasteiger partial charge is 0.251 e. The predicted molar refractivity (Wildman–Crippen MR) is 73.7 cm³/mol. The molecule has 2 aliphatic heterocycles. The van der Waals surface area contributed by atoms with Crippen molar-refractivity contribution >= 4 is 0 Å². The summed E-state index contributed by atoms with van der Waals surface area (Å²) in [4.78, 5) is 21.1. The van der Waals surface area contributed by atoms with E-state index in [4.69, 9.17) is 9.47 Å². The number of nitrogens with one attached hydrogen (secondary N) is 1. The summed E-state index contributed by atoms with van der Waals surface area (Å²) in [6.45, 7) is 5.92. The summed E-state index contributed by atoms with van der Waals surface area (Å²) in [5.74, 6) is 0.638. The highest BCUT2D eigenvalue weighted by Crippen LogP contribution is 2.24. The highest BCUT2D eigenvalue weighted by Gasteiger charge is 2.29. The number of aryl methyl sites for hydroxylation is 1. The van der Waals surface area contributed by atoms with Crippen LogP contribution in [0.5, 0.6) is 0 Å². The standard InChI is InChI=1S/C14H21N3O3/c1-10-15-12(8-14(18)16-10)13-9-17(4-7-20-13)11-2-5-19-6-3-11/h8,11,13H,2-7,9H2,1H3,(H,15,16,18)/t13-/m1/s1. The average molecular weight is 279 g/mol. The minimum absolute atomic E-state index is 0.104. The van der Waals surface area contributed by atoms with Crippen LogP contribution >= 0.6 is 0 Å². The molecule has 6 heteroatoms. The summed E-state index contributed by atoms with van der Waals surface area (Å²) in [7, 11) is 0. The van der Waals surface area contributed by atoms with Gasteiger partial charge in [0.05, 0.1) is 12.3 Å². The van der Waals surface area contributed by atoms with Crippen molar-refractivity contribution in [2.45, 2.75) is 31.9 Å². The fourth-order valence-electron chi connectivity index (χ4n) is 3.00. The van der Waals surface area contributed by atoms with E-state index in [-0.39, 0.29) is 11.7 Å². The molecular weight excluding hydrogens is 258 g/mol. The van der Waals surface area contributed by atoms with E-state index < -0.39 is 0 Å². The Balaban J connectivity index is 1.72. The number of nitrogens with zero attached hydrogens (tertiary/aromatic N) is 2. The molecular formula is C14H21N3O3. The first kappa shape index (κ1) is 13.7. The van der Waals surface area contributed by atoms with Gasteiger partial charge in [-0.3, -0.25) is 9.69 Å². The number of ether oxygens (including phenoxy) is 2. The third-order valence-corrected chi connectivity index (χ3v) is 4.01. The normalized spacial score (nSPS) is 25.8. The maximum absolute atomic E-state index is 11.6. The van der Waals surface area contributed by atoms with Crippen molar-refractivity contribution in [1.29, 1.82) is 0 Å². The molecule has 20 heavy (non-hydrogen) atoms. The van der Waals surface area contributed by atoms with Gasteiger partial charge in [0.1, 0.15) is 11.9 Å². The number of aromatic nitrogens is 2. The van der Waals surface area contributed by atoms with Crippen molar-refractivity contribution in [3.63, 3.8) is 0 Å². The van der Waals surface area contributed by atoms with Gasteiger partial charge in [0, 0.05) is 38.4 Å². The number of hydrogen-bond donors (Lipinski definition) is 1. The van der Waals surface area contributed by atoms with Crippen LogP contribution in [0.2, 0.25) is 0 Å². The SMILES string of the molecule is Cc1nc([C@H]2CN(C3CCOCC3)CCO2)cc(=O)[nH]1. The van der Waals surface area contributed by atoms with Crippen LogP contribution in [0, 0.1) is 6.92 Å².